The summed E-state index contributed by atoms with van der Waals surface area (Å²) in [6.07, 6.45) is 3.64. The van der Waals surface area contributed by atoms with Crippen molar-refractivity contribution in [2.45, 2.75) is 19.1 Å². The molecule has 1 saturated heterocycles. The number of aliphatic hydroxyl groups excluding tert-OH is 1. The first-order valence-corrected chi connectivity index (χ1v) is 10.8. The minimum Gasteiger partial charge on any atom is -0.385 e. The number of carbonyl (C=O) groups excluding carboxylic acids is 1. The Kier molecular flexibility index (Phi) is 5.29. The molecule has 8 nitrogen and oxygen atoms in total. The Morgan fingerprint density at radius 1 is 1.31 bits per heavy atom. The molecule has 3 heterocycles. The summed E-state index contributed by atoms with van der Waals surface area (Å²) < 4.78 is 7.41. The zero-order valence-electron chi connectivity index (χ0n) is 17.8. The fourth-order valence-corrected chi connectivity index (χ4v) is 4.61. The van der Waals surface area contributed by atoms with Crippen LogP contribution in [0.2, 0.25) is 0 Å². The van der Waals surface area contributed by atoms with Gasteiger partial charge in [0.05, 0.1) is 6.04 Å². The Morgan fingerprint density at radius 2 is 2.06 bits per heavy atom. The molecule has 5 rings (SSSR count). The number of piperidine rings is 1. The lowest BCUT2D eigenvalue weighted by Crippen LogP contribution is -2.22. The molecule has 1 aliphatic heterocycles. The zero-order chi connectivity index (χ0) is 22.2. The maximum atomic E-state index is 10.8. The monoisotopic (exact) mass is 431 g/mol. The molecule has 3 N–H and O–H groups in total. The molecular weight excluding hydrogens is 406 g/mol. The van der Waals surface area contributed by atoms with Crippen LogP contribution in [0.3, 0.4) is 0 Å². The molecule has 5 atom stereocenters. The van der Waals surface area contributed by atoms with Crippen LogP contribution in [-0.2, 0) is 4.79 Å². The van der Waals surface area contributed by atoms with Crippen LogP contribution in [0.15, 0.2) is 47.2 Å². The number of imidazole rings is 1. The molecule has 1 unspecified atom stereocenters. The Bertz CT molecular complexity index is 1160. The van der Waals surface area contributed by atoms with Crippen LogP contribution in [0, 0.1) is 29.6 Å². The van der Waals surface area contributed by atoms with Gasteiger partial charge in [-0.05, 0) is 43.0 Å². The molecule has 2 aromatic heterocycles. The SMILES string of the molecule is C[C@H](O)c1nccn1[C@H](CN)c1cc(-c2ccc(C#CC3[C@H]4CN(C=O)C[C@@H]34)cc2)on1. The molecule has 164 valence electrons. The second kappa shape index (κ2) is 8.26. The standard InChI is InChI=1S/C24H25N5O3/c1-15(31)24-26-8-9-29(24)22(11-25)21-10-23(32-27-21)17-5-2-16(3-6-17)4-7-18-19-12-28(14-30)13-20(18)19/h2-3,5-6,8-10,14-15,18-20,22,31H,11-13,25H2,1H3/t15-,18?,19-,20+,22+/m0/s1. The van der Waals surface area contributed by atoms with Crippen molar-refractivity contribution in [2.75, 3.05) is 19.6 Å². The molecule has 3 aromatic rings. The summed E-state index contributed by atoms with van der Waals surface area (Å²) in [5.74, 6) is 9.29. The fourth-order valence-electron chi connectivity index (χ4n) is 4.61. The number of benzene rings is 1. The highest BCUT2D eigenvalue weighted by Gasteiger charge is 2.54. The lowest BCUT2D eigenvalue weighted by Gasteiger charge is -2.17. The summed E-state index contributed by atoms with van der Waals surface area (Å²) in [5, 5.41) is 14.2. The number of likely N-dealkylation sites (tertiary alicyclic amines) is 1. The van der Waals surface area contributed by atoms with E-state index in [2.05, 4.69) is 22.0 Å². The molecular formula is C24H25N5O3. The number of fused-ring (bicyclic) bond motifs is 1. The predicted molar refractivity (Wildman–Crippen MR) is 117 cm³/mol. The van der Waals surface area contributed by atoms with E-state index in [4.69, 9.17) is 10.3 Å². The molecule has 1 aliphatic carbocycles. The number of nitrogens with zero attached hydrogens (tertiary/aromatic N) is 4. The van der Waals surface area contributed by atoms with Gasteiger partial charge in [-0.2, -0.15) is 0 Å². The molecule has 32 heavy (non-hydrogen) atoms. The van der Waals surface area contributed by atoms with Crippen LogP contribution in [0.25, 0.3) is 11.3 Å². The van der Waals surface area contributed by atoms with E-state index in [0.717, 1.165) is 30.6 Å². The molecule has 2 fully saturated rings. The van der Waals surface area contributed by atoms with Crippen molar-refractivity contribution in [3.05, 3.63) is 59.8 Å². The van der Waals surface area contributed by atoms with Crippen LogP contribution in [0.1, 0.15) is 36.2 Å². The Morgan fingerprint density at radius 3 is 2.72 bits per heavy atom. The Labute approximate surface area is 186 Å². The molecule has 1 amide bonds. The third-order valence-electron chi connectivity index (χ3n) is 6.43. The van der Waals surface area contributed by atoms with E-state index in [1.807, 2.05) is 39.8 Å². The number of aliphatic hydroxyl groups is 1. The molecule has 0 radical (unpaired) electrons. The van der Waals surface area contributed by atoms with Crippen molar-refractivity contribution in [2.24, 2.45) is 23.5 Å². The lowest BCUT2D eigenvalue weighted by molar-refractivity contribution is -0.117. The Balaban J connectivity index is 1.28. The zero-order valence-corrected chi connectivity index (χ0v) is 17.8. The third-order valence-corrected chi connectivity index (χ3v) is 6.43. The van der Waals surface area contributed by atoms with Gasteiger partial charge in [0, 0.05) is 55.1 Å². The van der Waals surface area contributed by atoms with Crippen molar-refractivity contribution in [3.63, 3.8) is 0 Å². The van der Waals surface area contributed by atoms with Crippen molar-refractivity contribution in [1.29, 1.82) is 0 Å². The van der Waals surface area contributed by atoms with Crippen LogP contribution >= 0.6 is 0 Å². The molecule has 8 heteroatoms. The summed E-state index contributed by atoms with van der Waals surface area (Å²) in [5.41, 5.74) is 8.52. The normalized spacial score (nSPS) is 23.2. The maximum Gasteiger partial charge on any atom is 0.209 e. The average molecular weight is 431 g/mol. The quantitative estimate of drug-likeness (QED) is 0.455. The van der Waals surface area contributed by atoms with Gasteiger partial charge in [-0.3, -0.25) is 4.79 Å². The van der Waals surface area contributed by atoms with E-state index in [0.29, 0.717) is 41.6 Å². The molecule has 1 aromatic carbocycles. The first-order chi connectivity index (χ1) is 15.6. The summed E-state index contributed by atoms with van der Waals surface area (Å²) in [6.45, 7) is 3.63. The van der Waals surface area contributed by atoms with Gasteiger partial charge >= 0.3 is 0 Å². The van der Waals surface area contributed by atoms with Gasteiger partial charge in [0.2, 0.25) is 6.41 Å². The lowest BCUT2D eigenvalue weighted by atomic mass is 10.1. The topological polar surface area (TPSA) is 110 Å². The van der Waals surface area contributed by atoms with Crippen molar-refractivity contribution in [3.8, 4) is 23.2 Å². The highest BCUT2D eigenvalue weighted by atomic mass is 16.5. The molecule has 1 saturated carbocycles. The highest BCUT2D eigenvalue weighted by Crippen LogP contribution is 2.50. The Hall–Kier alpha value is -3.41. The van der Waals surface area contributed by atoms with Gasteiger partial charge in [0.25, 0.3) is 0 Å². The van der Waals surface area contributed by atoms with Gasteiger partial charge in [-0.15, -0.1) is 0 Å². The average Bonchev–Trinajstić information content (AvgIpc) is 3.31. The van der Waals surface area contributed by atoms with E-state index >= 15 is 0 Å². The van der Waals surface area contributed by atoms with E-state index in [1.54, 1.807) is 19.3 Å². The fraction of sp³-hybridized carbons (Fsp3) is 0.375. The predicted octanol–water partition coefficient (Wildman–Crippen LogP) is 1.83. The van der Waals surface area contributed by atoms with E-state index in [-0.39, 0.29) is 6.04 Å². The van der Waals surface area contributed by atoms with Gasteiger partial charge in [-0.1, -0.05) is 17.0 Å². The number of rotatable bonds is 6. The first kappa shape index (κ1) is 20.5. The minimum atomic E-state index is -0.710. The van der Waals surface area contributed by atoms with Crippen LogP contribution < -0.4 is 5.73 Å². The number of amides is 1. The number of aromatic nitrogens is 3. The van der Waals surface area contributed by atoms with Gasteiger partial charge in [0.1, 0.15) is 17.6 Å². The maximum absolute atomic E-state index is 10.8. The molecule has 0 bridgehead atoms. The minimum absolute atomic E-state index is 0.280. The van der Waals surface area contributed by atoms with E-state index < -0.39 is 6.10 Å². The second-order valence-corrected chi connectivity index (χ2v) is 8.50. The van der Waals surface area contributed by atoms with Crippen molar-refractivity contribution < 1.29 is 14.4 Å². The van der Waals surface area contributed by atoms with Gasteiger partial charge < -0.3 is 24.8 Å². The van der Waals surface area contributed by atoms with E-state index in [9.17, 15) is 9.90 Å². The smallest absolute Gasteiger partial charge is 0.209 e. The first-order valence-electron chi connectivity index (χ1n) is 10.8. The number of carbonyl (C=O) groups is 1. The van der Waals surface area contributed by atoms with E-state index in [1.165, 1.54) is 0 Å². The number of nitrogens with two attached hydrogens (primary N) is 1. The van der Waals surface area contributed by atoms with Crippen LogP contribution in [-0.4, -0.2) is 50.8 Å². The van der Waals surface area contributed by atoms with Crippen LogP contribution in [0.4, 0.5) is 0 Å². The van der Waals surface area contributed by atoms with Gasteiger partial charge in [0.15, 0.2) is 5.76 Å². The summed E-state index contributed by atoms with van der Waals surface area (Å²) in [7, 11) is 0. The summed E-state index contributed by atoms with van der Waals surface area (Å²) in [4.78, 5) is 16.9. The van der Waals surface area contributed by atoms with Crippen molar-refractivity contribution in [1.82, 2.24) is 19.6 Å². The number of hydrogen-bond acceptors (Lipinski definition) is 6. The highest BCUT2D eigenvalue weighted by molar-refractivity contribution is 5.59. The second-order valence-electron chi connectivity index (χ2n) is 8.50. The number of hydrogen-bond donors (Lipinski definition) is 2. The largest absolute Gasteiger partial charge is 0.385 e. The van der Waals surface area contributed by atoms with Crippen LogP contribution in [0.5, 0.6) is 0 Å². The molecule has 2 aliphatic rings. The summed E-state index contributed by atoms with van der Waals surface area (Å²) in [6, 6.07) is 9.47. The van der Waals surface area contributed by atoms with Gasteiger partial charge in [-0.25, -0.2) is 4.98 Å². The summed E-state index contributed by atoms with van der Waals surface area (Å²) >= 11 is 0. The van der Waals surface area contributed by atoms with Crippen molar-refractivity contribution >= 4 is 6.41 Å². The third kappa shape index (κ3) is 3.70. The molecule has 0 spiro atoms.